The third kappa shape index (κ3) is 5.47. The molecule has 6 nitrogen and oxygen atoms in total. The summed E-state index contributed by atoms with van der Waals surface area (Å²) in [6.45, 7) is 11.4. The van der Waals surface area contributed by atoms with E-state index in [1.54, 1.807) is 18.4 Å². The molecule has 0 radical (unpaired) electrons. The van der Waals surface area contributed by atoms with Gasteiger partial charge in [0.25, 0.3) is 0 Å². The lowest BCUT2D eigenvalue weighted by atomic mass is 9.91. The maximum atomic E-state index is 13.4. The van der Waals surface area contributed by atoms with Crippen LogP contribution in [0.2, 0.25) is 0 Å². The lowest BCUT2D eigenvalue weighted by Crippen LogP contribution is -2.57. The van der Waals surface area contributed by atoms with Gasteiger partial charge in [-0.15, -0.1) is 11.3 Å². The zero-order valence-electron chi connectivity index (χ0n) is 21.0. The zero-order valence-corrected chi connectivity index (χ0v) is 21.9. The van der Waals surface area contributed by atoms with E-state index in [1.165, 1.54) is 16.0 Å². The fourth-order valence-electron chi connectivity index (χ4n) is 5.10. The molecule has 2 aliphatic heterocycles. The second kappa shape index (κ2) is 10.1. The molecule has 1 fully saturated rings. The van der Waals surface area contributed by atoms with Gasteiger partial charge in [0.1, 0.15) is 5.75 Å². The largest absolute Gasteiger partial charge is 0.497 e. The number of methoxy groups -OCH3 is 1. The van der Waals surface area contributed by atoms with Crippen LogP contribution in [0.5, 0.6) is 5.75 Å². The van der Waals surface area contributed by atoms with Gasteiger partial charge in [0.2, 0.25) is 11.8 Å². The van der Waals surface area contributed by atoms with Gasteiger partial charge in [0, 0.05) is 43.5 Å². The summed E-state index contributed by atoms with van der Waals surface area (Å²) in [7, 11) is 1.68. The van der Waals surface area contributed by atoms with E-state index in [2.05, 4.69) is 56.2 Å². The minimum atomic E-state index is -0.0327. The van der Waals surface area contributed by atoms with E-state index in [9.17, 15) is 9.59 Å². The van der Waals surface area contributed by atoms with Gasteiger partial charge in [-0.2, -0.15) is 0 Å². The molecule has 4 rings (SSSR count). The van der Waals surface area contributed by atoms with Crippen LogP contribution in [0, 0.1) is 5.41 Å². The van der Waals surface area contributed by atoms with Crippen LogP contribution in [0.3, 0.4) is 0 Å². The molecule has 184 valence electrons. The van der Waals surface area contributed by atoms with Gasteiger partial charge in [-0.05, 0) is 53.5 Å². The fourth-order valence-corrected chi connectivity index (χ4v) is 6.00. The highest BCUT2D eigenvalue weighted by Gasteiger charge is 2.35. The first-order valence-electron chi connectivity index (χ1n) is 12.2. The van der Waals surface area contributed by atoms with Crippen molar-refractivity contribution in [2.45, 2.75) is 52.6 Å². The van der Waals surface area contributed by atoms with Gasteiger partial charge in [-0.3, -0.25) is 14.5 Å². The molecule has 3 heterocycles. The van der Waals surface area contributed by atoms with Crippen molar-refractivity contribution in [3.8, 4) is 5.75 Å². The lowest BCUT2D eigenvalue weighted by molar-refractivity contribution is -0.144. The minimum Gasteiger partial charge on any atom is -0.497 e. The number of hydrogen-bond acceptors (Lipinski definition) is 5. The van der Waals surface area contributed by atoms with Crippen molar-refractivity contribution >= 4 is 23.2 Å². The van der Waals surface area contributed by atoms with Crippen LogP contribution in [0.1, 0.15) is 56.2 Å². The molecule has 1 aromatic heterocycles. The van der Waals surface area contributed by atoms with Crippen LogP contribution in [0.15, 0.2) is 35.7 Å². The third-order valence-electron chi connectivity index (χ3n) is 6.82. The molecule has 2 aromatic rings. The van der Waals surface area contributed by atoms with E-state index in [-0.39, 0.29) is 29.3 Å². The Labute approximate surface area is 207 Å². The summed E-state index contributed by atoms with van der Waals surface area (Å²) in [6.07, 6.45) is 1.50. The Morgan fingerprint density at radius 1 is 1.06 bits per heavy atom. The number of thiophene rings is 1. The fraction of sp³-hybridized carbons (Fsp3) is 0.556. The highest BCUT2D eigenvalue weighted by Crippen LogP contribution is 2.38. The van der Waals surface area contributed by atoms with Crippen molar-refractivity contribution in [3.63, 3.8) is 0 Å². The number of carbonyl (C=O) groups excluding carboxylic acids is 2. The van der Waals surface area contributed by atoms with E-state index >= 15 is 0 Å². The molecule has 0 saturated carbocycles. The van der Waals surface area contributed by atoms with E-state index in [1.807, 2.05) is 21.9 Å². The second-order valence-corrected chi connectivity index (χ2v) is 11.7. The molecular formula is C27H37N3O3S. The number of benzene rings is 1. The number of fused-ring (bicyclic) bond motifs is 1. The Morgan fingerprint density at radius 2 is 1.79 bits per heavy atom. The molecule has 0 spiro atoms. The van der Waals surface area contributed by atoms with E-state index in [0.717, 1.165) is 18.7 Å². The smallest absolute Gasteiger partial charge is 0.236 e. The number of carbonyl (C=O) groups is 2. The SMILES string of the molecule is COc1ccc([C@@H]2c3ccsc3CCN2CC(=O)N2CCN(C(=O)CC(C)(C)C)[C@@H](C)C2)cc1. The molecule has 7 heteroatoms. The van der Waals surface area contributed by atoms with Gasteiger partial charge < -0.3 is 14.5 Å². The molecule has 1 aromatic carbocycles. The Bertz CT molecular complexity index is 1010. The summed E-state index contributed by atoms with van der Waals surface area (Å²) in [5.74, 6) is 1.17. The Kier molecular flexibility index (Phi) is 7.33. The molecule has 0 aliphatic carbocycles. The van der Waals surface area contributed by atoms with Crippen molar-refractivity contribution in [2.24, 2.45) is 5.41 Å². The molecule has 34 heavy (non-hydrogen) atoms. The maximum absolute atomic E-state index is 13.4. The summed E-state index contributed by atoms with van der Waals surface area (Å²) in [6, 6.07) is 10.5. The van der Waals surface area contributed by atoms with Crippen LogP contribution < -0.4 is 4.74 Å². The monoisotopic (exact) mass is 483 g/mol. The number of piperazine rings is 1. The average molecular weight is 484 g/mol. The van der Waals surface area contributed by atoms with Crippen LogP contribution in [-0.4, -0.2) is 72.4 Å². The van der Waals surface area contributed by atoms with E-state index < -0.39 is 0 Å². The first-order valence-corrected chi connectivity index (χ1v) is 13.1. The maximum Gasteiger partial charge on any atom is 0.236 e. The minimum absolute atomic E-state index is 0.0327. The summed E-state index contributed by atoms with van der Waals surface area (Å²) >= 11 is 1.80. The zero-order chi connectivity index (χ0) is 24.5. The summed E-state index contributed by atoms with van der Waals surface area (Å²) in [4.78, 5) is 33.8. The van der Waals surface area contributed by atoms with Gasteiger partial charge in [0.05, 0.1) is 19.7 Å². The first kappa shape index (κ1) is 24.7. The predicted octanol–water partition coefficient (Wildman–Crippen LogP) is 4.20. The van der Waals surface area contributed by atoms with Crippen molar-refractivity contribution in [1.29, 1.82) is 0 Å². The van der Waals surface area contributed by atoms with Gasteiger partial charge in [-0.1, -0.05) is 32.9 Å². The van der Waals surface area contributed by atoms with Crippen LogP contribution in [0.4, 0.5) is 0 Å². The Balaban J connectivity index is 1.45. The number of rotatable bonds is 5. The summed E-state index contributed by atoms with van der Waals surface area (Å²) < 4.78 is 5.34. The van der Waals surface area contributed by atoms with E-state index in [0.29, 0.717) is 32.6 Å². The molecular weight excluding hydrogens is 446 g/mol. The molecule has 0 N–H and O–H groups in total. The molecule has 2 aliphatic rings. The predicted molar refractivity (Wildman–Crippen MR) is 136 cm³/mol. The number of hydrogen-bond donors (Lipinski definition) is 0. The number of amides is 2. The number of ether oxygens (including phenoxy) is 1. The van der Waals surface area contributed by atoms with Crippen molar-refractivity contribution in [2.75, 3.05) is 39.8 Å². The molecule has 1 saturated heterocycles. The summed E-state index contributed by atoms with van der Waals surface area (Å²) in [5, 5.41) is 2.15. The van der Waals surface area contributed by atoms with E-state index in [4.69, 9.17) is 4.74 Å². The molecule has 0 bridgehead atoms. The van der Waals surface area contributed by atoms with Crippen LogP contribution >= 0.6 is 11.3 Å². The second-order valence-electron chi connectivity index (χ2n) is 10.7. The van der Waals surface area contributed by atoms with Crippen molar-refractivity contribution in [1.82, 2.24) is 14.7 Å². The molecule has 0 unspecified atom stereocenters. The third-order valence-corrected chi connectivity index (χ3v) is 7.81. The number of nitrogens with zero attached hydrogens (tertiary/aromatic N) is 3. The van der Waals surface area contributed by atoms with Crippen LogP contribution in [-0.2, 0) is 16.0 Å². The average Bonchev–Trinajstić information content (AvgIpc) is 3.26. The topological polar surface area (TPSA) is 53.1 Å². The quantitative estimate of drug-likeness (QED) is 0.640. The van der Waals surface area contributed by atoms with Crippen molar-refractivity contribution in [3.05, 3.63) is 51.7 Å². The normalized spacial score (nSPS) is 21.3. The van der Waals surface area contributed by atoms with Crippen molar-refractivity contribution < 1.29 is 14.3 Å². The van der Waals surface area contributed by atoms with Gasteiger partial charge in [-0.25, -0.2) is 0 Å². The van der Waals surface area contributed by atoms with Gasteiger partial charge in [0.15, 0.2) is 0 Å². The first-order chi connectivity index (χ1) is 16.2. The lowest BCUT2D eigenvalue weighted by Gasteiger charge is -2.42. The Hall–Kier alpha value is -2.38. The highest BCUT2D eigenvalue weighted by atomic mass is 32.1. The van der Waals surface area contributed by atoms with Crippen LogP contribution in [0.25, 0.3) is 0 Å². The highest BCUT2D eigenvalue weighted by molar-refractivity contribution is 7.10. The molecule has 2 amide bonds. The Morgan fingerprint density at radius 3 is 2.44 bits per heavy atom. The summed E-state index contributed by atoms with van der Waals surface area (Å²) in [5.41, 5.74) is 2.45. The van der Waals surface area contributed by atoms with Gasteiger partial charge >= 0.3 is 0 Å². The molecule has 2 atom stereocenters. The standard InChI is InChI=1S/C27H37N3O3S/c1-19-17-28(13-14-30(19)24(31)16-27(2,3)4)25(32)18-29-12-10-23-22(11-15-34-23)26(29)20-6-8-21(33-5)9-7-20/h6-9,11,15,19,26H,10,12-14,16-18H2,1-5H3/t19-,26+/m0/s1.